The fourth-order valence-corrected chi connectivity index (χ4v) is 1.76. The molecule has 19 heavy (non-hydrogen) atoms. The summed E-state index contributed by atoms with van der Waals surface area (Å²) < 4.78 is 5.74. The summed E-state index contributed by atoms with van der Waals surface area (Å²) in [4.78, 5) is 0. The summed E-state index contributed by atoms with van der Waals surface area (Å²) in [5.41, 5.74) is 7.56. The molecular weight excluding hydrogens is 240 g/mol. The number of hydrogen-bond acceptors (Lipinski definition) is 3. The topological polar surface area (TPSA) is 67.8 Å². The molecule has 0 fully saturated rings. The molecule has 0 heterocycles. The molecule has 0 saturated carbocycles. The third kappa shape index (κ3) is 3.04. The Morgan fingerprint density at radius 2 is 1.74 bits per heavy atom. The molecule has 1 atom stereocenters. The lowest BCUT2D eigenvalue weighted by molar-refractivity contribution is 0.266. The highest BCUT2D eigenvalue weighted by atomic mass is 16.5. The van der Waals surface area contributed by atoms with Gasteiger partial charge in [-0.1, -0.05) is 53.7 Å². The normalized spacial score (nSPS) is 13.0. The number of rotatable bonds is 4. The average molecular weight is 256 g/mol. The van der Waals surface area contributed by atoms with E-state index in [1.54, 1.807) is 6.92 Å². The molecule has 2 aromatic carbocycles. The largest absolute Gasteiger partial charge is 0.482 e. The summed E-state index contributed by atoms with van der Waals surface area (Å²) in [6.07, 6.45) is -0.491. The molecule has 0 aromatic heterocycles. The van der Waals surface area contributed by atoms with E-state index < -0.39 is 6.10 Å². The summed E-state index contributed by atoms with van der Waals surface area (Å²) in [5, 5.41) is 11.6. The van der Waals surface area contributed by atoms with E-state index in [4.69, 9.17) is 15.7 Å². The van der Waals surface area contributed by atoms with Gasteiger partial charge in [0.1, 0.15) is 5.75 Å². The van der Waals surface area contributed by atoms with Crippen molar-refractivity contribution in [3.05, 3.63) is 54.6 Å². The van der Waals surface area contributed by atoms with E-state index in [0.717, 1.165) is 11.1 Å². The van der Waals surface area contributed by atoms with Gasteiger partial charge >= 0.3 is 0 Å². The highest BCUT2D eigenvalue weighted by Gasteiger charge is 2.12. The van der Waals surface area contributed by atoms with E-state index in [2.05, 4.69) is 5.16 Å². The van der Waals surface area contributed by atoms with Crippen molar-refractivity contribution in [1.29, 1.82) is 0 Å². The summed E-state index contributed by atoms with van der Waals surface area (Å²) in [5.74, 6) is 0.746. The summed E-state index contributed by atoms with van der Waals surface area (Å²) >= 11 is 0. The van der Waals surface area contributed by atoms with Crippen LogP contribution in [0.2, 0.25) is 0 Å². The molecule has 0 aliphatic carbocycles. The Bertz CT molecular complexity index is 567. The molecule has 3 N–H and O–H groups in total. The maximum Gasteiger partial charge on any atom is 0.180 e. The SMILES string of the molecule is CC(Oc1ccccc1-c1ccccc1)C(N)=NO. The minimum atomic E-state index is -0.491. The Morgan fingerprint density at radius 3 is 2.42 bits per heavy atom. The first-order valence-corrected chi connectivity index (χ1v) is 6.01. The van der Waals surface area contributed by atoms with E-state index in [1.165, 1.54) is 0 Å². The first kappa shape index (κ1) is 13.0. The van der Waals surface area contributed by atoms with Crippen LogP contribution in [-0.4, -0.2) is 17.1 Å². The van der Waals surface area contributed by atoms with E-state index in [1.807, 2.05) is 54.6 Å². The van der Waals surface area contributed by atoms with Crippen LogP contribution in [-0.2, 0) is 0 Å². The molecule has 98 valence electrons. The van der Waals surface area contributed by atoms with Gasteiger partial charge in [-0.3, -0.25) is 0 Å². The maximum atomic E-state index is 8.65. The van der Waals surface area contributed by atoms with Gasteiger partial charge < -0.3 is 15.7 Å². The molecule has 0 aliphatic rings. The molecule has 0 amide bonds. The minimum Gasteiger partial charge on any atom is -0.482 e. The molecule has 2 rings (SSSR count). The standard InChI is InChI=1S/C15H16N2O2/c1-11(15(16)17-18)19-14-10-6-5-9-13(14)12-7-3-2-4-8-12/h2-11,18H,1H3,(H2,16,17). The quantitative estimate of drug-likeness (QED) is 0.382. The summed E-state index contributed by atoms with van der Waals surface area (Å²) in [6, 6.07) is 17.6. The van der Waals surface area contributed by atoms with E-state index in [-0.39, 0.29) is 5.84 Å². The molecule has 0 aliphatic heterocycles. The molecule has 1 unspecified atom stereocenters. The summed E-state index contributed by atoms with van der Waals surface area (Å²) in [7, 11) is 0. The van der Waals surface area contributed by atoms with Gasteiger partial charge in [-0.05, 0) is 18.6 Å². The molecular formula is C15H16N2O2. The van der Waals surface area contributed by atoms with Gasteiger partial charge in [0.15, 0.2) is 11.9 Å². The zero-order chi connectivity index (χ0) is 13.7. The van der Waals surface area contributed by atoms with Gasteiger partial charge in [-0.15, -0.1) is 0 Å². The molecule has 0 saturated heterocycles. The van der Waals surface area contributed by atoms with Gasteiger partial charge in [0, 0.05) is 5.56 Å². The first-order valence-electron chi connectivity index (χ1n) is 6.01. The van der Waals surface area contributed by atoms with Crippen LogP contribution in [0.25, 0.3) is 11.1 Å². The van der Waals surface area contributed by atoms with Crippen LogP contribution >= 0.6 is 0 Å². The van der Waals surface area contributed by atoms with Crippen LogP contribution in [0.4, 0.5) is 0 Å². The Morgan fingerprint density at radius 1 is 1.11 bits per heavy atom. The van der Waals surface area contributed by atoms with Crippen LogP contribution in [0.3, 0.4) is 0 Å². The smallest absolute Gasteiger partial charge is 0.180 e. The predicted molar refractivity (Wildman–Crippen MR) is 75.4 cm³/mol. The monoisotopic (exact) mass is 256 g/mol. The second-order valence-corrected chi connectivity index (χ2v) is 4.15. The van der Waals surface area contributed by atoms with Crippen molar-refractivity contribution in [1.82, 2.24) is 0 Å². The van der Waals surface area contributed by atoms with Crippen LogP contribution in [0.1, 0.15) is 6.92 Å². The van der Waals surface area contributed by atoms with Crippen LogP contribution in [0.5, 0.6) is 5.75 Å². The number of nitrogens with two attached hydrogens (primary N) is 1. The zero-order valence-corrected chi connectivity index (χ0v) is 10.7. The maximum absolute atomic E-state index is 8.65. The number of para-hydroxylation sites is 1. The van der Waals surface area contributed by atoms with Crippen molar-refractivity contribution in [2.24, 2.45) is 10.9 Å². The van der Waals surface area contributed by atoms with E-state index >= 15 is 0 Å². The fourth-order valence-electron chi connectivity index (χ4n) is 1.76. The number of amidine groups is 1. The number of nitrogens with zero attached hydrogens (tertiary/aromatic N) is 1. The number of oxime groups is 1. The van der Waals surface area contributed by atoms with Crippen molar-refractivity contribution in [2.45, 2.75) is 13.0 Å². The molecule has 0 bridgehead atoms. The first-order chi connectivity index (χ1) is 9.22. The zero-order valence-electron chi connectivity index (χ0n) is 10.7. The second kappa shape index (κ2) is 5.91. The van der Waals surface area contributed by atoms with E-state index in [9.17, 15) is 0 Å². The highest BCUT2D eigenvalue weighted by Crippen LogP contribution is 2.30. The number of hydrogen-bond donors (Lipinski definition) is 2. The van der Waals surface area contributed by atoms with Gasteiger partial charge in [0.2, 0.25) is 0 Å². The second-order valence-electron chi connectivity index (χ2n) is 4.15. The Balaban J connectivity index is 2.32. The highest BCUT2D eigenvalue weighted by molar-refractivity contribution is 5.84. The fraction of sp³-hybridized carbons (Fsp3) is 0.133. The molecule has 2 aromatic rings. The lowest BCUT2D eigenvalue weighted by Crippen LogP contribution is -2.31. The van der Waals surface area contributed by atoms with Crippen molar-refractivity contribution < 1.29 is 9.94 Å². The van der Waals surface area contributed by atoms with Gasteiger partial charge in [-0.2, -0.15) is 0 Å². The van der Waals surface area contributed by atoms with Crippen molar-refractivity contribution in [2.75, 3.05) is 0 Å². The van der Waals surface area contributed by atoms with Gasteiger partial charge in [-0.25, -0.2) is 0 Å². The van der Waals surface area contributed by atoms with E-state index in [0.29, 0.717) is 5.75 Å². The van der Waals surface area contributed by atoms with Crippen LogP contribution in [0.15, 0.2) is 59.8 Å². The molecule has 4 nitrogen and oxygen atoms in total. The van der Waals surface area contributed by atoms with Crippen molar-refractivity contribution in [3.8, 4) is 16.9 Å². The Labute approximate surface area is 112 Å². The number of benzene rings is 2. The molecule has 0 radical (unpaired) electrons. The van der Waals surface area contributed by atoms with Gasteiger partial charge in [0.25, 0.3) is 0 Å². The van der Waals surface area contributed by atoms with Crippen molar-refractivity contribution in [3.63, 3.8) is 0 Å². The Kier molecular flexibility index (Phi) is 4.03. The molecule has 4 heteroatoms. The van der Waals surface area contributed by atoms with Gasteiger partial charge in [0.05, 0.1) is 0 Å². The summed E-state index contributed by atoms with van der Waals surface area (Å²) in [6.45, 7) is 1.73. The van der Waals surface area contributed by atoms with Crippen LogP contribution in [0, 0.1) is 0 Å². The predicted octanol–water partition coefficient (Wildman–Crippen LogP) is 2.87. The third-order valence-corrected chi connectivity index (χ3v) is 2.81. The third-order valence-electron chi connectivity index (χ3n) is 2.81. The number of ether oxygens (including phenoxy) is 1. The lowest BCUT2D eigenvalue weighted by Gasteiger charge is -2.16. The lowest BCUT2D eigenvalue weighted by atomic mass is 10.0. The minimum absolute atomic E-state index is 0.0443. The van der Waals surface area contributed by atoms with Crippen LogP contribution < -0.4 is 10.5 Å². The average Bonchev–Trinajstić information content (AvgIpc) is 2.47. The molecule has 0 spiro atoms. The Hall–Kier alpha value is -2.49. The van der Waals surface area contributed by atoms with Crippen molar-refractivity contribution >= 4 is 5.84 Å².